The summed E-state index contributed by atoms with van der Waals surface area (Å²) in [6, 6.07) is 14.2. The van der Waals surface area contributed by atoms with Crippen LogP contribution in [0.5, 0.6) is 0 Å². The van der Waals surface area contributed by atoms with Crippen molar-refractivity contribution < 1.29 is 4.74 Å². The Morgan fingerprint density at radius 3 is 2.65 bits per heavy atom. The summed E-state index contributed by atoms with van der Waals surface area (Å²) in [4.78, 5) is 2.15. The average Bonchev–Trinajstić information content (AvgIpc) is 3.37. The van der Waals surface area contributed by atoms with Gasteiger partial charge in [0.25, 0.3) is 0 Å². The zero-order valence-electron chi connectivity index (χ0n) is 14.1. The Hall–Kier alpha value is -2.95. The minimum atomic E-state index is 0.485. The van der Waals surface area contributed by atoms with Gasteiger partial charge in [0.1, 0.15) is 6.07 Å². The number of aromatic nitrogens is 3. The number of hydrogen-bond acceptors (Lipinski definition) is 6. The molecule has 0 aliphatic carbocycles. The zero-order chi connectivity index (χ0) is 17.8. The number of hydrogen-bond donors (Lipinski definition) is 0. The number of thiophene rings is 1. The van der Waals surface area contributed by atoms with Gasteiger partial charge in [0.15, 0.2) is 5.82 Å². The van der Waals surface area contributed by atoms with Crippen LogP contribution in [0.25, 0.3) is 17.3 Å². The number of allylic oxidation sites excluding steroid dienone is 1. The number of morpholine rings is 1. The highest BCUT2D eigenvalue weighted by Crippen LogP contribution is 2.26. The highest BCUT2D eigenvalue weighted by molar-refractivity contribution is 7.08. The van der Waals surface area contributed by atoms with E-state index in [4.69, 9.17) is 4.74 Å². The molecule has 6 nitrogen and oxygen atoms in total. The van der Waals surface area contributed by atoms with E-state index >= 15 is 0 Å². The summed E-state index contributed by atoms with van der Waals surface area (Å²) >= 11 is 1.60. The molecule has 7 heteroatoms. The third kappa shape index (κ3) is 3.25. The van der Waals surface area contributed by atoms with Crippen LogP contribution in [0.4, 0.5) is 5.95 Å². The number of nitrogens with zero attached hydrogens (tertiary/aromatic N) is 5. The van der Waals surface area contributed by atoms with Gasteiger partial charge in [0.2, 0.25) is 5.95 Å². The van der Waals surface area contributed by atoms with Crippen LogP contribution in [-0.4, -0.2) is 41.1 Å². The van der Waals surface area contributed by atoms with Crippen molar-refractivity contribution in [3.63, 3.8) is 0 Å². The second-order valence-electron chi connectivity index (χ2n) is 5.82. The highest BCUT2D eigenvalue weighted by Gasteiger charge is 2.23. The molecule has 0 N–H and O–H groups in total. The van der Waals surface area contributed by atoms with Gasteiger partial charge >= 0.3 is 0 Å². The van der Waals surface area contributed by atoms with E-state index < -0.39 is 0 Å². The SMILES string of the molecule is N#CC(=Cc1ccsc1)c1nnc(N2CCOCC2)n1-c1ccccc1. The highest BCUT2D eigenvalue weighted by atomic mass is 32.1. The van der Waals surface area contributed by atoms with E-state index in [9.17, 15) is 5.26 Å². The molecule has 130 valence electrons. The molecule has 26 heavy (non-hydrogen) atoms. The molecule has 2 aromatic heterocycles. The fourth-order valence-electron chi connectivity index (χ4n) is 2.90. The average molecular weight is 363 g/mol. The Bertz CT molecular complexity index is 934. The van der Waals surface area contributed by atoms with E-state index in [-0.39, 0.29) is 0 Å². The number of benzene rings is 1. The third-order valence-corrected chi connectivity index (χ3v) is 4.87. The standard InChI is InChI=1S/C19H17N5OS/c20-13-16(12-15-6-11-26-14-15)18-21-22-19(23-7-9-25-10-8-23)24(18)17-4-2-1-3-5-17/h1-6,11-12,14H,7-10H2. The summed E-state index contributed by atoms with van der Waals surface area (Å²) in [6.45, 7) is 2.82. The van der Waals surface area contributed by atoms with Crippen LogP contribution in [0.15, 0.2) is 47.2 Å². The van der Waals surface area contributed by atoms with Gasteiger partial charge in [-0.1, -0.05) is 18.2 Å². The van der Waals surface area contributed by atoms with Crippen molar-refractivity contribution in [2.24, 2.45) is 0 Å². The lowest BCUT2D eigenvalue weighted by Crippen LogP contribution is -2.38. The molecule has 0 bridgehead atoms. The van der Waals surface area contributed by atoms with Crippen molar-refractivity contribution in [2.45, 2.75) is 0 Å². The minimum Gasteiger partial charge on any atom is -0.378 e. The van der Waals surface area contributed by atoms with Gasteiger partial charge in [-0.15, -0.1) is 10.2 Å². The van der Waals surface area contributed by atoms with E-state index in [1.54, 1.807) is 11.3 Å². The molecule has 3 aromatic rings. The molecule has 0 saturated carbocycles. The predicted molar refractivity (Wildman–Crippen MR) is 102 cm³/mol. The number of nitriles is 1. The fraction of sp³-hybridized carbons (Fsp3) is 0.211. The Balaban J connectivity index is 1.84. The lowest BCUT2D eigenvalue weighted by molar-refractivity contribution is 0.122. The Morgan fingerprint density at radius 2 is 1.96 bits per heavy atom. The quantitative estimate of drug-likeness (QED) is 0.666. The third-order valence-electron chi connectivity index (χ3n) is 4.17. The monoisotopic (exact) mass is 363 g/mol. The van der Waals surface area contributed by atoms with Crippen LogP contribution >= 0.6 is 11.3 Å². The Kier molecular flexibility index (Phi) is 4.78. The second-order valence-corrected chi connectivity index (χ2v) is 6.60. The van der Waals surface area contributed by atoms with Crippen molar-refractivity contribution in [3.05, 3.63) is 58.5 Å². The Labute approximate surface area is 155 Å². The molecule has 0 spiro atoms. The normalized spacial score (nSPS) is 15.0. The van der Waals surface area contributed by atoms with E-state index in [1.165, 1.54) is 0 Å². The molecule has 0 atom stereocenters. The van der Waals surface area contributed by atoms with Crippen molar-refractivity contribution in [1.29, 1.82) is 5.26 Å². The molecule has 1 aliphatic heterocycles. The van der Waals surface area contributed by atoms with E-state index in [1.807, 2.05) is 57.8 Å². The molecule has 0 unspecified atom stereocenters. The van der Waals surface area contributed by atoms with Gasteiger partial charge in [-0.2, -0.15) is 16.6 Å². The molecule has 0 radical (unpaired) electrons. The summed E-state index contributed by atoms with van der Waals surface area (Å²) in [5.41, 5.74) is 2.40. The number of rotatable bonds is 4. The van der Waals surface area contributed by atoms with E-state index in [0.717, 1.165) is 30.3 Å². The number of anilines is 1. The Morgan fingerprint density at radius 1 is 1.15 bits per heavy atom. The molecule has 1 saturated heterocycles. The molecule has 4 rings (SSSR count). The second kappa shape index (κ2) is 7.52. The first kappa shape index (κ1) is 16.5. The predicted octanol–water partition coefficient (Wildman–Crippen LogP) is 3.23. The maximum absolute atomic E-state index is 9.74. The van der Waals surface area contributed by atoms with Crippen molar-refractivity contribution >= 4 is 28.9 Å². The largest absolute Gasteiger partial charge is 0.378 e. The fourth-order valence-corrected chi connectivity index (χ4v) is 3.52. The molecule has 0 amide bonds. The van der Waals surface area contributed by atoms with Crippen LogP contribution in [0.1, 0.15) is 11.4 Å². The van der Waals surface area contributed by atoms with Gasteiger partial charge in [-0.25, -0.2) is 0 Å². The first-order valence-electron chi connectivity index (χ1n) is 8.35. The van der Waals surface area contributed by atoms with Gasteiger partial charge in [-0.05, 0) is 40.6 Å². The maximum Gasteiger partial charge on any atom is 0.232 e. The lowest BCUT2D eigenvalue weighted by atomic mass is 10.2. The zero-order valence-corrected chi connectivity index (χ0v) is 14.9. The number of ether oxygens (including phenoxy) is 1. The molecule has 3 heterocycles. The molecular weight excluding hydrogens is 346 g/mol. The maximum atomic E-state index is 9.74. The van der Waals surface area contributed by atoms with Crippen molar-refractivity contribution in [2.75, 3.05) is 31.2 Å². The molecule has 1 fully saturated rings. The summed E-state index contributed by atoms with van der Waals surface area (Å²) < 4.78 is 7.40. The van der Waals surface area contributed by atoms with E-state index in [2.05, 4.69) is 21.2 Å². The first-order chi connectivity index (χ1) is 12.9. The summed E-state index contributed by atoms with van der Waals surface area (Å²) in [5, 5.41) is 22.5. The van der Waals surface area contributed by atoms with Crippen LogP contribution in [0.2, 0.25) is 0 Å². The summed E-state index contributed by atoms with van der Waals surface area (Å²) in [7, 11) is 0. The van der Waals surface area contributed by atoms with Gasteiger partial charge in [-0.3, -0.25) is 4.57 Å². The molecule has 1 aliphatic rings. The number of para-hydroxylation sites is 1. The summed E-state index contributed by atoms with van der Waals surface area (Å²) in [6.07, 6.45) is 1.85. The minimum absolute atomic E-state index is 0.485. The topological polar surface area (TPSA) is 67.0 Å². The smallest absolute Gasteiger partial charge is 0.232 e. The van der Waals surface area contributed by atoms with E-state index in [0.29, 0.717) is 24.6 Å². The van der Waals surface area contributed by atoms with Crippen LogP contribution in [0.3, 0.4) is 0 Å². The first-order valence-corrected chi connectivity index (χ1v) is 9.29. The lowest BCUT2D eigenvalue weighted by Gasteiger charge is -2.28. The van der Waals surface area contributed by atoms with Crippen molar-refractivity contribution in [3.8, 4) is 11.8 Å². The van der Waals surface area contributed by atoms with Crippen molar-refractivity contribution in [1.82, 2.24) is 14.8 Å². The van der Waals surface area contributed by atoms with Gasteiger partial charge < -0.3 is 9.64 Å². The van der Waals surface area contributed by atoms with Gasteiger partial charge in [0.05, 0.1) is 24.5 Å². The van der Waals surface area contributed by atoms with Crippen LogP contribution in [-0.2, 0) is 4.74 Å². The molecular formula is C19H17N5OS. The van der Waals surface area contributed by atoms with Crippen LogP contribution in [0, 0.1) is 11.3 Å². The van der Waals surface area contributed by atoms with Gasteiger partial charge in [0, 0.05) is 13.1 Å². The summed E-state index contributed by atoms with van der Waals surface area (Å²) in [5.74, 6) is 1.28. The molecule has 1 aromatic carbocycles. The van der Waals surface area contributed by atoms with Crippen LogP contribution < -0.4 is 4.90 Å².